The summed E-state index contributed by atoms with van der Waals surface area (Å²) in [5.41, 5.74) is 0. The SMILES string of the molecule is CC1CCNCC1OC1CCOC1=O. The zero-order valence-corrected chi connectivity index (χ0v) is 8.49. The first-order valence-corrected chi connectivity index (χ1v) is 5.30. The number of nitrogens with one attached hydrogen (secondary N) is 1. The first kappa shape index (κ1) is 9.93. The van der Waals surface area contributed by atoms with Crippen molar-refractivity contribution in [3.05, 3.63) is 0 Å². The summed E-state index contributed by atoms with van der Waals surface area (Å²) in [6.45, 7) is 4.59. The highest BCUT2D eigenvalue weighted by Gasteiger charge is 2.32. The molecule has 0 spiro atoms. The monoisotopic (exact) mass is 199 g/mol. The Hall–Kier alpha value is -0.610. The molecule has 1 N–H and O–H groups in total. The minimum atomic E-state index is -0.317. The van der Waals surface area contributed by atoms with E-state index in [1.807, 2.05) is 0 Å². The smallest absolute Gasteiger partial charge is 0.335 e. The van der Waals surface area contributed by atoms with Crippen LogP contribution in [0.25, 0.3) is 0 Å². The Balaban J connectivity index is 1.86. The second kappa shape index (κ2) is 4.28. The van der Waals surface area contributed by atoms with Gasteiger partial charge in [0.2, 0.25) is 0 Å². The van der Waals surface area contributed by atoms with Gasteiger partial charge in [-0.2, -0.15) is 0 Å². The van der Waals surface area contributed by atoms with Gasteiger partial charge in [-0.1, -0.05) is 6.92 Å². The minimum absolute atomic E-state index is 0.166. The molecule has 4 heteroatoms. The largest absolute Gasteiger partial charge is 0.464 e. The first-order chi connectivity index (χ1) is 6.77. The van der Waals surface area contributed by atoms with Crippen LogP contribution in [0, 0.1) is 5.92 Å². The van der Waals surface area contributed by atoms with Gasteiger partial charge in [-0.15, -0.1) is 0 Å². The van der Waals surface area contributed by atoms with Gasteiger partial charge in [0.05, 0.1) is 12.7 Å². The quantitative estimate of drug-likeness (QED) is 0.650. The molecule has 80 valence electrons. The van der Waals surface area contributed by atoms with E-state index in [1.54, 1.807) is 0 Å². The maximum Gasteiger partial charge on any atom is 0.335 e. The van der Waals surface area contributed by atoms with Crippen LogP contribution < -0.4 is 5.32 Å². The number of piperidine rings is 1. The molecule has 3 unspecified atom stereocenters. The van der Waals surface area contributed by atoms with Gasteiger partial charge in [-0.05, 0) is 18.9 Å². The normalized spacial score (nSPS) is 38.4. The van der Waals surface area contributed by atoms with Crippen LogP contribution in [-0.4, -0.2) is 37.9 Å². The van der Waals surface area contributed by atoms with Gasteiger partial charge >= 0.3 is 5.97 Å². The fourth-order valence-corrected chi connectivity index (χ4v) is 1.96. The van der Waals surface area contributed by atoms with E-state index in [0.29, 0.717) is 18.9 Å². The second-order valence-corrected chi connectivity index (χ2v) is 4.09. The Labute approximate surface area is 84.0 Å². The van der Waals surface area contributed by atoms with Gasteiger partial charge in [0.15, 0.2) is 6.10 Å². The Kier molecular flexibility index (Phi) is 3.03. The molecule has 0 saturated carbocycles. The van der Waals surface area contributed by atoms with Gasteiger partial charge in [0, 0.05) is 13.0 Å². The maximum absolute atomic E-state index is 11.2. The fourth-order valence-electron chi connectivity index (χ4n) is 1.96. The summed E-state index contributed by atoms with van der Waals surface area (Å²) in [6, 6.07) is 0. The van der Waals surface area contributed by atoms with E-state index in [9.17, 15) is 4.79 Å². The van der Waals surface area contributed by atoms with E-state index in [2.05, 4.69) is 12.2 Å². The van der Waals surface area contributed by atoms with Gasteiger partial charge in [-0.3, -0.25) is 0 Å². The molecule has 0 aliphatic carbocycles. The van der Waals surface area contributed by atoms with E-state index in [1.165, 1.54) is 0 Å². The van der Waals surface area contributed by atoms with Crippen molar-refractivity contribution in [3.63, 3.8) is 0 Å². The zero-order chi connectivity index (χ0) is 9.97. The van der Waals surface area contributed by atoms with Crippen LogP contribution in [0.5, 0.6) is 0 Å². The molecule has 0 radical (unpaired) electrons. The number of carbonyl (C=O) groups excluding carboxylic acids is 1. The lowest BCUT2D eigenvalue weighted by atomic mass is 9.97. The molecule has 2 aliphatic heterocycles. The third kappa shape index (κ3) is 2.07. The molecule has 2 aliphatic rings. The Morgan fingerprint density at radius 1 is 1.50 bits per heavy atom. The van der Waals surface area contributed by atoms with Gasteiger partial charge in [0.25, 0.3) is 0 Å². The summed E-state index contributed by atoms with van der Waals surface area (Å²) < 4.78 is 10.6. The summed E-state index contributed by atoms with van der Waals surface area (Å²) in [5, 5.41) is 3.28. The standard InChI is InChI=1S/C10H17NO3/c1-7-2-4-11-6-9(7)14-8-3-5-13-10(8)12/h7-9,11H,2-6H2,1H3. The number of hydrogen-bond acceptors (Lipinski definition) is 4. The number of ether oxygens (including phenoxy) is 2. The molecule has 2 fully saturated rings. The van der Waals surface area contributed by atoms with Crippen LogP contribution in [0.4, 0.5) is 0 Å². The van der Waals surface area contributed by atoms with Crippen molar-refractivity contribution in [2.75, 3.05) is 19.7 Å². The average Bonchev–Trinajstić information content (AvgIpc) is 2.56. The van der Waals surface area contributed by atoms with E-state index >= 15 is 0 Å². The molecule has 0 aromatic carbocycles. The van der Waals surface area contributed by atoms with Crippen molar-refractivity contribution in [2.45, 2.75) is 32.0 Å². The van der Waals surface area contributed by atoms with Gasteiger partial charge in [-0.25, -0.2) is 4.79 Å². The molecule has 0 aromatic rings. The predicted octanol–water partition coefficient (Wildman–Crippen LogP) is 0.316. The van der Waals surface area contributed by atoms with Crippen molar-refractivity contribution in [2.24, 2.45) is 5.92 Å². The lowest BCUT2D eigenvalue weighted by Gasteiger charge is -2.30. The van der Waals surface area contributed by atoms with E-state index < -0.39 is 0 Å². The van der Waals surface area contributed by atoms with E-state index in [-0.39, 0.29) is 18.2 Å². The molecule has 4 nitrogen and oxygen atoms in total. The number of hydrogen-bond donors (Lipinski definition) is 1. The average molecular weight is 199 g/mol. The third-order valence-electron chi connectivity index (χ3n) is 2.98. The maximum atomic E-state index is 11.2. The summed E-state index contributed by atoms with van der Waals surface area (Å²) >= 11 is 0. The van der Waals surface area contributed by atoms with Crippen LogP contribution in [0.3, 0.4) is 0 Å². The Morgan fingerprint density at radius 2 is 2.36 bits per heavy atom. The first-order valence-electron chi connectivity index (χ1n) is 5.30. The molecule has 2 heterocycles. The number of carbonyl (C=O) groups is 1. The highest BCUT2D eigenvalue weighted by Crippen LogP contribution is 2.20. The molecule has 0 aromatic heterocycles. The molecule has 2 rings (SSSR count). The molecule has 0 bridgehead atoms. The zero-order valence-electron chi connectivity index (χ0n) is 8.49. The number of esters is 1. The van der Waals surface area contributed by atoms with Crippen LogP contribution >= 0.6 is 0 Å². The Bertz CT molecular complexity index is 219. The predicted molar refractivity (Wildman–Crippen MR) is 50.9 cm³/mol. The molecular formula is C10H17NO3. The summed E-state index contributed by atoms with van der Waals surface area (Å²) in [7, 11) is 0. The van der Waals surface area contributed by atoms with Crippen LogP contribution in [-0.2, 0) is 14.3 Å². The van der Waals surface area contributed by atoms with Crippen molar-refractivity contribution >= 4 is 5.97 Å². The second-order valence-electron chi connectivity index (χ2n) is 4.09. The lowest BCUT2D eigenvalue weighted by molar-refractivity contribution is -0.152. The summed E-state index contributed by atoms with van der Waals surface area (Å²) in [4.78, 5) is 11.2. The van der Waals surface area contributed by atoms with E-state index in [0.717, 1.165) is 19.5 Å². The van der Waals surface area contributed by atoms with Crippen LogP contribution in [0.15, 0.2) is 0 Å². The van der Waals surface area contributed by atoms with Crippen molar-refractivity contribution < 1.29 is 14.3 Å². The van der Waals surface area contributed by atoms with Crippen molar-refractivity contribution in [1.82, 2.24) is 5.32 Å². The topological polar surface area (TPSA) is 47.6 Å². The summed E-state index contributed by atoms with van der Waals surface area (Å²) in [6.07, 6.45) is 1.68. The van der Waals surface area contributed by atoms with Crippen LogP contribution in [0.1, 0.15) is 19.8 Å². The molecular weight excluding hydrogens is 182 g/mol. The molecule has 3 atom stereocenters. The fraction of sp³-hybridized carbons (Fsp3) is 0.900. The van der Waals surface area contributed by atoms with Crippen molar-refractivity contribution in [1.29, 1.82) is 0 Å². The third-order valence-corrected chi connectivity index (χ3v) is 2.98. The highest BCUT2D eigenvalue weighted by molar-refractivity contribution is 5.76. The number of rotatable bonds is 2. The van der Waals surface area contributed by atoms with Crippen molar-refractivity contribution in [3.8, 4) is 0 Å². The Morgan fingerprint density at radius 3 is 3.00 bits per heavy atom. The highest BCUT2D eigenvalue weighted by atomic mass is 16.6. The van der Waals surface area contributed by atoms with Crippen LogP contribution in [0.2, 0.25) is 0 Å². The molecule has 0 amide bonds. The minimum Gasteiger partial charge on any atom is -0.464 e. The molecule has 14 heavy (non-hydrogen) atoms. The van der Waals surface area contributed by atoms with E-state index in [4.69, 9.17) is 9.47 Å². The van der Waals surface area contributed by atoms with Gasteiger partial charge < -0.3 is 14.8 Å². The molecule has 2 saturated heterocycles. The lowest BCUT2D eigenvalue weighted by Crippen LogP contribution is -2.43. The summed E-state index contributed by atoms with van der Waals surface area (Å²) in [5.74, 6) is 0.340. The number of cyclic esters (lactones) is 1. The van der Waals surface area contributed by atoms with Gasteiger partial charge in [0.1, 0.15) is 0 Å².